The molecule has 1 atom stereocenters. The third kappa shape index (κ3) is 7.82. The smallest absolute Gasteiger partial charge is 0.234 e. The van der Waals surface area contributed by atoms with Crippen LogP contribution in [0.25, 0.3) is 0 Å². The number of aliphatic hydroxyl groups excluding tert-OH is 1. The van der Waals surface area contributed by atoms with E-state index in [2.05, 4.69) is 10.2 Å². The summed E-state index contributed by atoms with van der Waals surface area (Å²) in [6.45, 7) is 8.05. The zero-order valence-electron chi connectivity index (χ0n) is 12.9. The molecule has 0 aliphatic carbocycles. The normalized spacial score (nSPS) is 20.3. The van der Waals surface area contributed by atoms with E-state index in [0.717, 1.165) is 32.4 Å². The lowest BCUT2D eigenvalue weighted by atomic mass is 9.95. The molecule has 0 radical (unpaired) electrons. The van der Waals surface area contributed by atoms with Gasteiger partial charge in [-0.2, -0.15) is 0 Å². The Morgan fingerprint density at radius 2 is 2.30 bits per heavy atom. The summed E-state index contributed by atoms with van der Waals surface area (Å²) >= 11 is 0. The van der Waals surface area contributed by atoms with Gasteiger partial charge in [0.05, 0.1) is 12.6 Å². The van der Waals surface area contributed by atoms with Gasteiger partial charge in [0.2, 0.25) is 5.91 Å². The van der Waals surface area contributed by atoms with E-state index in [1.165, 1.54) is 6.42 Å². The molecule has 1 unspecified atom stereocenters. The maximum absolute atomic E-state index is 11.8. The van der Waals surface area contributed by atoms with E-state index >= 15 is 0 Å². The molecular weight excluding hydrogens is 256 g/mol. The van der Waals surface area contributed by atoms with E-state index in [1.807, 2.05) is 13.8 Å². The zero-order valence-corrected chi connectivity index (χ0v) is 12.9. The number of ether oxygens (including phenoxy) is 1. The molecular formula is C15H30N2O3. The first-order chi connectivity index (χ1) is 9.61. The molecule has 20 heavy (non-hydrogen) atoms. The van der Waals surface area contributed by atoms with Crippen LogP contribution in [0, 0.1) is 5.92 Å². The Hall–Kier alpha value is -0.650. The van der Waals surface area contributed by atoms with Crippen molar-refractivity contribution in [2.75, 3.05) is 39.4 Å². The summed E-state index contributed by atoms with van der Waals surface area (Å²) in [5.74, 6) is 0.639. The van der Waals surface area contributed by atoms with E-state index < -0.39 is 0 Å². The van der Waals surface area contributed by atoms with Gasteiger partial charge in [-0.1, -0.05) is 0 Å². The Morgan fingerprint density at radius 3 is 3.00 bits per heavy atom. The molecule has 0 spiro atoms. The number of carbonyl (C=O) groups is 1. The number of carbonyl (C=O) groups excluding carboxylic acids is 1. The van der Waals surface area contributed by atoms with Gasteiger partial charge in [0.15, 0.2) is 0 Å². The van der Waals surface area contributed by atoms with Gasteiger partial charge in [0, 0.05) is 26.3 Å². The number of rotatable bonds is 9. The molecule has 5 heteroatoms. The van der Waals surface area contributed by atoms with Gasteiger partial charge < -0.3 is 15.2 Å². The van der Waals surface area contributed by atoms with Crippen molar-refractivity contribution in [1.29, 1.82) is 0 Å². The third-order valence-electron chi connectivity index (χ3n) is 3.60. The molecule has 0 bridgehead atoms. The van der Waals surface area contributed by atoms with Gasteiger partial charge in [-0.25, -0.2) is 0 Å². The van der Waals surface area contributed by atoms with Crippen molar-refractivity contribution >= 4 is 5.91 Å². The summed E-state index contributed by atoms with van der Waals surface area (Å²) in [5, 5.41) is 11.9. The molecule has 0 aromatic carbocycles. The van der Waals surface area contributed by atoms with Crippen LogP contribution < -0.4 is 5.32 Å². The summed E-state index contributed by atoms with van der Waals surface area (Å²) in [5.41, 5.74) is 0. The third-order valence-corrected chi connectivity index (χ3v) is 3.60. The van der Waals surface area contributed by atoms with E-state index in [1.54, 1.807) is 0 Å². The van der Waals surface area contributed by atoms with E-state index in [-0.39, 0.29) is 18.6 Å². The highest BCUT2D eigenvalue weighted by molar-refractivity contribution is 5.77. The highest BCUT2D eigenvalue weighted by atomic mass is 16.5. The minimum atomic E-state index is 0.0965. The van der Waals surface area contributed by atoms with Crippen molar-refractivity contribution in [3.63, 3.8) is 0 Å². The van der Waals surface area contributed by atoms with Crippen molar-refractivity contribution < 1.29 is 14.6 Å². The van der Waals surface area contributed by atoms with E-state index in [0.29, 0.717) is 25.6 Å². The van der Waals surface area contributed by atoms with Crippen LogP contribution in [0.5, 0.6) is 0 Å². The zero-order chi connectivity index (χ0) is 14.8. The predicted octanol–water partition coefficient (Wildman–Crippen LogP) is 1.01. The second-order valence-electron chi connectivity index (χ2n) is 5.88. The fourth-order valence-corrected chi connectivity index (χ4v) is 2.59. The van der Waals surface area contributed by atoms with Crippen LogP contribution in [-0.4, -0.2) is 61.4 Å². The lowest BCUT2D eigenvalue weighted by Crippen LogP contribution is -2.43. The standard InChI is InChI=1S/C15H30N2O3/c1-13(2)20-10-4-7-16-15(19)12-17-8-3-5-14(11-17)6-9-18/h13-14,18H,3-12H2,1-2H3,(H,16,19). The summed E-state index contributed by atoms with van der Waals surface area (Å²) in [4.78, 5) is 14.0. The van der Waals surface area contributed by atoms with Gasteiger partial charge in [-0.3, -0.25) is 9.69 Å². The minimum Gasteiger partial charge on any atom is -0.396 e. The van der Waals surface area contributed by atoms with Crippen LogP contribution in [0.3, 0.4) is 0 Å². The predicted molar refractivity (Wildman–Crippen MR) is 79.6 cm³/mol. The number of likely N-dealkylation sites (tertiary alicyclic amines) is 1. The Labute approximate surface area is 122 Å². The number of nitrogens with one attached hydrogen (secondary N) is 1. The van der Waals surface area contributed by atoms with Gasteiger partial charge in [-0.05, 0) is 52.0 Å². The Bertz CT molecular complexity index is 270. The molecule has 1 saturated heterocycles. The minimum absolute atomic E-state index is 0.0965. The SMILES string of the molecule is CC(C)OCCCNC(=O)CN1CCCC(CCO)C1. The molecule has 1 amide bonds. The quantitative estimate of drug-likeness (QED) is 0.621. The monoisotopic (exact) mass is 286 g/mol. The molecule has 0 aromatic heterocycles. The van der Waals surface area contributed by atoms with Crippen molar-refractivity contribution in [3.05, 3.63) is 0 Å². The van der Waals surface area contributed by atoms with Crippen molar-refractivity contribution in [2.24, 2.45) is 5.92 Å². The second-order valence-corrected chi connectivity index (χ2v) is 5.88. The summed E-state index contributed by atoms with van der Waals surface area (Å²) in [6, 6.07) is 0. The average Bonchev–Trinajstić information content (AvgIpc) is 2.38. The summed E-state index contributed by atoms with van der Waals surface area (Å²) < 4.78 is 5.43. The molecule has 0 saturated carbocycles. The maximum Gasteiger partial charge on any atom is 0.234 e. The highest BCUT2D eigenvalue weighted by Crippen LogP contribution is 2.18. The largest absolute Gasteiger partial charge is 0.396 e. The van der Waals surface area contributed by atoms with Crippen molar-refractivity contribution in [2.45, 2.75) is 45.6 Å². The molecule has 1 fully saturated rings. The number of piperidine rings is 1. The van der Waals surface area contributed by atoms with E-state index in [4.69, 9.17) is 9.84 Å². The van der Waals surface area contributed by atoms with Crippen molar-refractivity contribution in [3.8, 4) is 0 Å². The fourth-order valence-electron chi connectivity index (χ4n) is 2.59. The molecule has 0 aromatic rings. The highest BCUT2D eigenvalue weighted by Gasteiger charge is 2.20. The molecule has 118 valence electrons. The molecule has 1 aliphatic heterocycles. The molecule has 1 aliphatic rings. The Morgan fingerprint density at radius 1 is 1.50 bits per heavy atom. The molecule has 2 N–H and O–H groups in total. The van der Waals surface area contributed by atoms with Crippen LogP contribution >= 0.6 is 0 Å². The van der Waals surface area contributed by atoms with Gasteiger partial charge in [0.25, 0.3) is 0 Å². The summed E-state index contributed by atoms with van der Waals surface area (Å²) in [7, 11) is 0. The van der Waals surface area contributed by atoms with Crippen LogP contribution in [0.2, 0.25) is 0 Å². The van der Waals surface area contributed by atoms with Crippen LogP contribution in [0.4, 0.5) is 0 Å². The van der Waals surface area contributed by atoms with Crippen LogP contribution in [0.1, 0.15) is 39.5 Å². The summed E-state index contributed by atoms with van der Waals surface area (Å²) in [6.07, 6.45) is 4.26. The number of hydrogen-bond donors (Lipinski definition) is 2. The van der Waals surface area contributed by atoms with E-state index in [9.17, 15) is 4.79 Å². The molecule has 1 heterocycles. The average molecular weight is 286 g/mol. The molecule has 1 rings (SSSR count). The van der Waals surface area contributed by atoms with Gasteiger partial charge in [-0.15, -0.1) is 0 Å². The lowest BCUT2D eigenvalue weighted by Gasteiger charge is -2.31. The first-order valence-corrected chi connectivity index (χ1v) is 7.83. The second kappa shape index (κ2) is 10.1. The van der Waals surface area contributed by atoms with Crippen LogP contribution in [-0.2, 0) is 9.53 Å². The van der Waals surface area contributed by atoms with Gasteiger partial charge >= 0.3 is 0 Å². The topological polar surface area (TPSA) is 61.8 Å². The van der Waals surface area contributed by atoms with Gasteiger partial charge in [0.1, 0.15) is 0 Å². The first-order valence-electron chi connectivity index (χ1n) is 7.83. The van der Waals surface area contributed by atoms with Crippen molar-refractivity contribution in [1.82, 2.24) is 10.2 Å². The first kappa shape index (κ1) is 17.4. The number of hydrogen-bond acceptors (Lipinski definition) is 4. The number of nitrogens with zero attached hydrogens (tertiary/aromatic N) is 1. The Balaban J connectivity index is 2.09. The molecule has 5 nitrogen and oxygen atoms in total. The lowest BCUT2D eigenvalue weighted by molar-refractivity contribution is -0.122. The van der Waals surface area contributed by atoms with Crippen LogP contribution in [0.15, 0.2) is 0 Å². The number of aliphatic hydroxyl groups is 1. The maximum atomic E-state index is 11.8. The fraction of sp³-hybridized carbons (Fsp3) is 0.933. The Kier molecular flexibility index (Phi) is 8.82. The number of amides is 1.